The Hall–Kier alpha value is -0.650. The van der Waals surface area contributed by atoms with Crippen molar-refractivity contribution in [3.8, 4) is 0 Å². The molecule has 0 heterocycles. The van der Waals surface area contributed by atoms with E-state index in [0.717, 1.165) is 18.9 Å². The summed E-state index contributed by atoms with van der Waals surface area (Å²) in [5.74, 6) is -1.65. The molecule has 1 aromatic carbocycles. The van der Waals surface area contributed by atoms with Crippen LogP contribution in [0.2, 0.25) is 0 Å². The van der Waals surface area contributed by atoms with Crippen LogP contribution in [0.5, 0.6) is 0 Å². The Morgan fingerprint density at radius 1 is 1.41 bits per heavy atom. The van der Waals surface area contributed by atoms with E-state index in [4.69, 9.17) is 10.8 Å². The number of aliphatic hydroxyl groups is 1. The van der Waals surface area contributed by atoms with Crippen LogP contribution in [-0.4, -0.2) is 22.5 Å². The Kier molecular flexibility index (Phi) is 3.70. The second-order valence-electron chi connectivity index (χ2n) is 4.58. The average Bonchev–Trinajstić information content (AvgIpc) is 2.67. The van der Waals surface area contributed by atoms with E-state index in [9.17, 15) is 8.78 Å². The summed E-state index contributed by atoms with van der Waals surface area (Å²) >= 11 is 1.49. The first-order valence-electron chi connectivity index (χ1n) is 5.54. The highest BCUT2D eigenvalue weighted by molar-refractivity contribution is 8.00. The summed E-state index contributed by atoms with van der Waals surface area (Å²) in [7, 11) is 0. The van der Waals surface area contributed by atoms with E-state index in [1.54, 1.807) is 6.07 Å². The predicted octanol–water partition coefficient (Wildman–Crippen LogP) is 2.30. The van der Waals surface area contributed by atoms with Crippen molar-refractivity contribution in [1.29, 1.82) is 0 Å². The van der Waals surface area contributed by atoms with E-state index < -0.39 is 17.2 Å². The lowest BCUT2D eigenvalue weighted by molar-refractivity contribution is 0.200. The minimum absolute atomic E-state index is 0.0260. The van der Waals surface area contributed by atoms with E-state index in [2.05, 4.69) is 0 Å². The third-order valence-electron chi connectivity index (χ3n) is 3.11. The first-order chi connectivity index (χ1) is 8.02. The molecule has 2 nitrogen and oxygen atoms in total. The number of benzene rings is 1. The fraction of sp³-hybridized carbons (Fsp3) is 0.500. The lowest BCUT2D eigenvalue weighted by atomic mass is 10.0. The van der Waals surface area contributed by atoms with Crippen LogP contribution in [0.1, 0.15) is 19.3 Å². The number of aliphatic hydroxyl groups excluding tert-OH is 1. The quantitative estimate of drug-likeness (QED) is 0.875. The smallest absolute Gasteiger partial charge is 0.159 e. The molecule has 1 aliphatic carbocycles. The second kappa shape index (κ2) is 4.92. The maximum Gasteiger partial charge on any atom is 0.159 e. The summed E-state index contributed by atoms with van der Waals surface area (Å²) in [6, 6.07) is 3.91. The lowest BCUT2D eigenvalue weighted by Crippen LogP contribution is -2.40. The zero-order chi connectivity index (χ0) is 12.5. The van der Waals surface area contributed by atoms with Gasteiger partial charge in [0, 0.05) is 15.7 Å². The van der Waals surface area contributed by atoms with Crippen molar-refractivity contribution in [3.05, 3.63) is 29.8 Å². The van der Waals surface area contributed by atoms with Gasteiger partial charge in [0.1, 0.15) is 0 Å². The molecule has 1 aliphatic rings. The standard InChI is InChI=1S/C12H15F2NOS/c13-10-2-1-8(5-11(10)14)17-9-3-4-12(15,6-9)7-16/h1-2,5,9,16H,3-4,6-7,15H2. The molecule has 5 heteroatoms. The van der Waals surface area contributed by atoms with E-state index in [1.165, 1.54) is 17.8 Å². The molecule has 0 saturated heterocycles. The first-order valence-corrected chi connectivity index (χ1v) is 6.42. The highest BCUT2D eigenvalue weighted by Crippen LogP contribution is 2.39. The average molecular weight is 259 g/mol. The van der Waals surface area contributed by atoms with E-state index in [-0.39, 0.29) is 11.9 Å². The largest absolute Gasteiger partial charge is 0.394 e. The number of nitrogens with two attached hydrogens (primary N) is 1. The number of hydrogen-bond donors (Lipinski definition) is 2. The van der Waals surface area contributed by atoms with Gasteiger partial charge >= 0.3 is 0 Å². The third-order valence-corrected chi connectivity index (χ3v) is 4.37. The molecule has 0 aromatic heterocycles. The summed E-state index contributed by atoms with van der Waals surface area (Å²) in [6.45, 7) is -0.0260. The topological polar surface area (TPSA) is 46.2 Å². The monoisotopic (exact) mass is 259 g/mol. The third kappa shape index (κ3) is 2.97. The highest BCUT2D eigenvalue weighted by Gasteiger charge is 2.35. The summed E-state index contributed by atoms with van der Waals surface area (Å²) in [6.07, 6.45) is 2.36. The van der Waals surface area contributed by atoms with Gasteiger partial charge < -0.3 is 10.8 Å². The number of rotatable bonds is 3. The fourth-order valence-electron chi connectivity index (χ4n) is 2.09. The molecule has 0 aliphatic heterocycles. The molecule has 1 aromatic rings. The first kappa shape index (κ1) is 12.8. The van der Waals surface area contributed by atoms with Crippen LogP contribution < -0.4 is 5.73 Å². The fourth-order valence-corrected chi connectivity index (χ4v) is 3.45. The molecule has 1 fully saturated rings. The van der Waals surface area contributed by atoms with Gasteiger partial charge in [0.05, 0.1) is 6.61 Å². The van der Waals surface area contributed by atoms with Gasteiger partial charge in [-0.1, -0.05) is 0 Å². The molecule has 1 saturated carbocycles. The van der Waals surface area contributed by atoms with E-state index >= 15 is 0 Å². The van der Waals surface area contributed by atoms with Crippen molar-refractivity contribution >= 4 is 11.8 Å². The van der Waals surface area contributed by atoms with Gasteiger partial charge in [0.2, 0.25) is 0 Å². The number of thioether (sulfide) groups is 1. The van der Waals surface area contributed by atoms with Gasteiger partial charge in [-0.2, -0.15) is 0 Å². The zero-order valence-corrected chi connectivity index (χ0v) is 10.1. The van der Waals surface area contributed by atoms with Crippen molar-refractivity contribution in [2.24, 2.45) is 5.73 Å². The molecule has 0 spiro atoms. The van der Waals surface area contributed by atoms with Gasteiger partial charge in [-0.05, 0) is 37.5 Å². The molecule has 17 heavy (non-hydrogen) atoms. The van der Waals surface area contributed by atoms with Crippen molar-refractivity contribution in [2.75, 3.05) is 6.61 Å². The van der Waals surface area contributed by atoms with Gasteiger partial charge in [0.15, 0.2) is 11.6 Å². The SMILES string of the molecule is NC1(CO)CCC(Sc2ccc(F)c(F)c2)C1. The molecular weight excluding hydrogens is 244 g/mol. The summed E-state index contributed by atoms with van der Waals surface area (Å²) < 4.78 is 25.8. The molecule has 0 bridgehead atoms. The van der Waals surface area contributed by atoms with Crippen molar-refractivity contribution in [3.63, 3.8) is 0 Å². The molecular formula is C12H15F2NOS. The minimum Gasteiger partial charge on any atom is -0.394 e. The van der Waals surface area contributed by atoms with Crippen LogP contribution in [0.15, 0.2) is 23.1 Å². The van der Waals surface area contributed by atoms with Crippen LogP contribution in [0.25, 0.3) is 0 Å². The number of hydrogen-bond acceptors (Lipinski definition) is 3. The summed E-state index contributed by atoms with van der Waals surface area (Å²) in [5.41, 5.74) is 5.46. The van der Waals surface area contributed by atoms with Crippen LogP contribution in [-0.2, 0) is 0 Å². The van der Waals surface area contributed by atoms with E-state index in [0.29, 0.717) is 11.3 Å². The van der Waals surface area contributed by atoms with Crippen LogP contribution >= 0.6 is 11.8 Å². The molecule has 2 rings (SSSR count). The van der Waals surface area contributed by atoms with Gasteiger partial charge in [-0.25, -0.2) is 8.78 Å². The molecule has 2 atom stereocenters. The van der Waals surface area contributed by atoms with Crippen LogP contribution in [0.3, 0.4) is 0 Å². The van der Waals surface area contributed by atoms with Crippen LogP contribution in [0.4, 0.5) is 8.78 Å². The normalized spacial score (nSPS) is 28.6. The second-order valence-corrected chi connectivity index (χ2v) is 5.95. The van der Waals surface area contributed by atoms with Gasteiger partial charge in [-0.3, -0.25) is 0 Å². The zero-order valence-electron chi connectivity index (χ0n) is 9.33. The van der Waals surface area contributed by atoms with Gasteiger partial charge in [0.25, 0.3) is 0 Å². The molecule has 3 N–H and O–H groups in total. The minimum atomic E-state index is -0.829. The predicted molar refractivity (Wildman–Crippen MR) is 63.9 cm³/mol. The van der Waals surface area contributed by atoms with E-state index in [1.807, 2.05) is 0 Å². The Balaban J connectivity index is 2.00. The number of halogens is 2. The van der Waals surface area contributed by atoms with Crippen LogP contribution in [0, 0.1) is 11.6 Å². The maximum atomic E-state index is 13.0. The summed E-state index contributed by atoms with van der Waals surface area (Å²) in [4.78, 5) is 0.705. The Labute approximate surface area is 103 Å². The highest BCUT2D eigenvalue weighted by atomic mass is 32.2. The molecule has 94 valence electrons. The molecule has 0 amide bonds. The Morgan fingerprint density at radius 3 is 2.76 bits per heavy atom. The van der Waals surface area contributed by atoms with Crippen molar-refractivity contribution in [1.82, 2.24) is 0 Å². The lowest BCUT2D eigenvalue weighted by Gasteiger charge is -2.20. The Morgan fingerprint density at radius 2 is 2.18 bits per heavy atom. The molecule has 2 unspecified atom stereocenters. The van der Waals surface area contributed by atoms with Crippen molar-refractivity contribution < 1.29 is 13.9 Å². The summed E-state index contributed by atoms with van der Waals surface area (Å²) in [5, 5.41) is 9.41. The van der Waals surface area contributed by atoms with Crippen molar-refractivity contribution in [2.45, 2.75) is 34.9 Å². The maximum absolute atomic E-state index is 13.0. The Bertz CT molecular complexity index is 415. The van der Waals surface area contributed by atoms with Gasteiger partial charge in [-0.15, -0.1) is 11.8 Å². The molecule has 0 radical (unpaired) electrons.